The summed E-state index contributed by atoms with van der Waals surface area (Å²) in [6, 6.07) is 7.18. The predicted molar refractivity (Wildman–Crippen MR) is 128 cm³/mol. The van der Waals surface area contributed by atoms with Crippen LogP contribution < -0.4 is 5.32 Å². The lowest BCUT2D eigenvalue weighted by molar-refractivity contribution is -0.0423. The van der Waals surface area contributed by atoms with Gasteiger partial charge in [-0.2, -0.15) is 4.98 Å². The minimum Gasteiger partial charge on any atom is -0.387 e. The van der Waals surface area contributed by atoms with Crippen molar-refractivity contribution in [3.8, 4) is 0 Å². The lowest BCUT2D eigenvalue weighted by Gasteiger charge is -2.19. The molecule has 1 aliphatic rings. The van der Waals surface area contributed by atoms with Gasteiger partial charge in [0.15, 0.2) is 18.3 Å². The molecule has 5 N–H and O–H groups in total. The zero-order valence-electron chi connectivity index (χ0n) is 19.1. The van der Waals surface area contributed by atoms with Crippen molar-refractivity contribution in [1.29, 1.82) is 0 Å². The van der Waals surface area contributed by atoms with E-state index in [0.29, 0.717) is 10.9 Å². The van der Waals surface area contributed by atoms with Crippen LogP contribution in [0.5, 0.6) is 0 Å². The van der Waals surface area contributed by atoms with E-state index in [1.165, 1.54) is 22.9 Å². The molecular weight excluding hydrogens is 560 g/mol. The Balaban J connectivity index is 1.56. The van der Waals surface area contributed by atoms with Crippen molar-refractivity contribution >= 4 is 43.6 Å². The topological polar surface area (TPSA) is 176 Å². The van der Waals surface area contributed by atoms with Gasteiger partial charge in [0.05, 0.1) is 18.0 Å². The van der Waals surface area contributed by atoms with Gasteiger partial charge in [0.25, 0.3) is 0 Å². The molecule has 12 nitrogen and oxygen atoms in total. The number of halogens is 3. The number of hydrogen-bond acceptors (Lipinski definition) is 8. The number of alkyl halides is 1. The van der Waals surface area contributed by atoms with Gasteiger partial charge in [-0.15, -0.1) is 0 Å². The summed E-state index contributed by atoms with van der Waals surface area (Å²) in [6.07, 6.45) is -5.32. The van der Waals surface area contributed by atoms with Crippen LogP contribution in [0.4, 0.5) is 14.6 Å². The summed E-state index contributed by atoms with van der Waals surface area (Å²) < 4.78 is 63.6. The molecule has 1 unspecified atom stereocenters. The number of aromatic nitrogens is 3. The Kier molecular flexibility index (Phi) is 8.06. The summed E-state index contributed by atoms with van der Waals surface area (Å²) >= 11 is 6.09. The summed E-state index contributed by atoms with van der Waals surface area (Å²) in [5.74, 6) is -1.63. The Morgan fingerprint density at radius 1 is 1.24 bits per heavy atom. The molecule has 1 aliphatic heterocycles. The second-order valence-corrected chi connectivity index (χ2v) is 12.8. The number of benzene rings is 1. The van der Waals surface area contributed by atoms with Crippen molar-refractivity contribution in [1.82, 2.24) is 14.5 Å². The molecule has 2 aromatic heterocycles. The van der Waals surface area contributed by atoms with E-state index in [0.717, 1.165) is 0 Å². The molecule has 3 heterocycles. The lowest BCUT2D eigenvalue weighted by atomic mass is 10.1. The largest absolute Gasteiger partial charge is 0.387 e. The Hall–Kier alpha value is -1.99. The van der Waals surface area contributed by atoms with Gasteiger partial charge in [-0.05, 0) is 30.7 Å². The van der Waals surface area contributed by atoms with E-state index >= 15 is 4.39 Å². The molecule has 0 spiro atoms. The van der Waals surface area contributed by atoms with Crippen LogP contribution in [0.15, 0.2) is 36.5 Å². The van der Waals surface area contributed by atoms with Crippen LogP contribution in [0, 0.1) is 5.82 Å². The summed E-state index contributed by atoms with van der Waals surface area (Å²) in [5, 5.41) is 13.5. The minimum absolute atomic E-state index is 0.124. The maximum Gasteiger partial charge on any atom is 0.340 e. The number of hydrogen-bond donors (Lipinski definition) is 5. The number of anilines is 1. The first-order valence-electron chi connectivity index (χ1n) is 10.8. The van der Waals surface area contributed by atoms with Crippen molar-refractivity contribution in [2.24, 2.45) is 0 Å². The van der Waals surface area contributed by atoms with E-state index < -0.39 is 64.2 Å². The first-order chi connectivity index (χ1) is 17.3. The predicted octanol–water partition coefficient (Wildman–Crippen LogP) is 3.33. The number of fused-ring (bicyclic) bond motifs is 1. The molecule has 202 valence electrons. The Morgan fingerprint density at radius 2 is 1.95 bits per heavy atom. The molecule has 0 saturated carbocycles. The minimum atomic E-state index is -4.87. The molecule has 37 heavy (non-hydrogen) atoms. The van der Waals surface area contributed by atoms with E-state index in [4.69, 9.17) is 26.1 Å². The molecule has 17 heteroatoms. The number of rotatable bonds is 9. The van der Waals surface area contributed by atoms with E-state index in [-0.39, 0.29) is 16.7 Å². The standard InChI is InChI=1S/C20H23ClF2N4O8P2/c1-10(11-4-2-3-5-13(11)22)24-17-12-6-7-27(18(12)26-20(21)25-17)19-15(23)16(28)14(35-19)8-34-37(32,33)9-36(29,30)31/h2-7,10,14-16,19,28H,8-9H2,1H3,(H,32,33)(H,24,25,26)(H2,29,30,31)/t10-,14-,15+,16-,19-/m1/s1. The van der Waals surface area contributed by atoms with Gasteiger partial charge in [0, 0.05) is 11.8 Å². The highest BCUT2D eigenvalue weighted by atomic mass is 35.5. The van der Waals surface area contributed by atoms with Crippen LogP contribution in [-0.4, -0.2) is 65.2 Å². The second kappa shape index (κ2) is 10.6. The molecule has 4 rings (SSSR count). The van der Waals surface area contributed by atoms with Gasteiger partial charge < -0.3 is 38.9 Å². The van der Waals surface area contributed by atoms with E-state index in [2.05, 4.69) is 19.8 Å². The van der Waals surface area contributed by atoms with Crippen molar-refractivity contribution in [3.05, 3.63) is 53.2 Å². The second-order valence-electron chi connectivity index (χ2n) is 8.43. The van der Waals surface area contributed by atoms with Crippen molar-refractivity contribution < 1.29 is 47.0 Å². The molecule has 0 bridgehead atoms. The molecule has 1 saturated heterocycles. The summed E-state index contributed by atoms with van der Waals surface area (Å²) in [5.41, 5.74) is 0.498. The Labute approximate surface area is 213 Å². The molecule has 0 aliphatic carbocycles. The number of aliphatic hydroxyl groups is 1. The van der Waals surface area contributed by atoms with Crippen LogP contribution in [0.1, 0.15) is 24.8 Å². The fourth-order valence-corrected chi connectivity index (χ4v) is 6.69. The first-order valence-corrected chi connectivity index (χ1v) is 14.7. The zero-order valence-corrected chi connectivity index (χ0v) is 21.6. The summed E-state index contributed by atoms with van der Waals surface area (Å²) in [4.78, 5) is 35.7. The van der Waals surface area contributed by atoms with Gasteiger partial charge in [-0.25, -0.2) is 13.8 Å². The fourth-order valence-electron chi connectivity index (χ4n) is 3.96. The molecule has 6 atom stereocenters. The van der Waals surface area contributed by atoms with Gasteiger partial charge in [0.1, 0.15) is 29.5 Å². The maximum absolute atomic E-state index is 15.0. The average Bonchev–Trinajstić information content (AvgIpc) is 3.32. The third-order valence-electron chi connectivity index (χ3n) is 5.64. The van der Waals surface area contributed by atoms with E-state index in [1.807, 2.05) is 0 Å². The van der Waals surface area contributed by atoms with E-state index in [1.54, 1.807) is 25.1 Å². The molecule has 1 aromatic carbocycles. The summed E-state index contributed by atoms with van der Waals surface area (Å²) in [7, 11) is -9.61. The number of nitrogens with zero attached hydrogens (tertiary/aromatic N) is 3. The summed E-state index contributed by atoms with van der Waals surface area (Å²) in [6.45, 7) is 0.899. The smallest absolute Gasteiger partial charge is 0.340 e. The zero-order chi connectivity index (χ0) is 27.1. The molecular formula is C20H23ClF2N4O8P2. The number of aliphatic hydroxyl groups excluding tert-OH is 1. The van der Waals surface area contributed by atoms with E-state index in [9.17, 15) is 23.5 Å². The molecule has 3 aromatic rings. The van der Waals surface area contributed by atoms with Crippen LogP contribution >= 0.6 is 26.8 Å². The SMILES string of the molecule is C[C@@H](Nc1nc(Cl)nc2c1ccn2[C@@H]1O[C@H](COP(=O)(O)CP(=O)(O)O)[C@@H](O)[C@@H]1F)c1ccccc1F. The lowest BCUT2D eigenvalue weighted by Crippen LogP contribution is -2.31. The number of nitrogens with one attached hydrogen (secondary N) is 1. The maximum atomic E-state index is 15.0. The number of ether oxygens (including phenoxy) is 1. The van der Waals surface area contributed by atoms with Crippen molar-refractivity contribution in [2.45, 2.75) is 37.6 Å². The third kappa shape index (κ3) is 6.36. The van der Waals surface area contributed by atoms with Gasteiger partial charge in [0.2, 0.25) is 5.28 Å². The monoisotopic (exact) mass is 582 g/mol. The van der Waals surface area contributed by atoms with Gasteiger partial charge in [-0.3, -0.25) is 9.13 Å². The molecule has 1 fully saturated rings. The molecule has 0 radical (unpaired) electrons. The highest BCUT2D eigenvalue weighted by Crippen LogP contribution is 2.55. The third-order valence-corrected chi connectivity index (χ3v) is 9.27. The van der Waals surface area contributed by atoms with Gasteiger partial charge >= 0.3 is 15.2 Å². The molecule has 0 amide bonds. The Bertz CT molecular complexity index is 1390. The Morgan fingerprint density at radius 3 is 2.62 bits per heavy atom. The van der Waals surface area contributed by atoms with Crippen LogP contribution in [0.3, 0.4) is 0 Å². The van der Waals surface area contributed by atoms with Crippen LogP contribution in [0.2, 0.25) is 5.28 Å². The normalized spacial score (nSPS) is 24.8. The van der Waals surface area contributed by atoms with Crippen molar-refractivity contribution in [2.75, 3.05) is 17.8 Å². The average molecular weight is 583 g/mol. The highest BCUT2D eigenvalue weighted by molar-refractivity contribution is 7.70. The van der Waals surface area contributed by atoms with Gasteiger partial charge in [-0.1, -0.05) is 18.2 Å². The quantitative estimate of drug-likeness (QED) is 0.185. The highest BCUT2D eigenvalue weighted by Gasteiger charge is 2.47. The van der Waals surface area contributed by atoms with Crippen LogP contribution in [0.25, 0.3) is 11.0 Å². The van der Waals surface area contributed by atoms with Crippen molar-refractivity contribution in [3.63, 3.8) is 0 Å². The first kappa shape index (κ1) is 28.0. The fraction of sp³-hybridized carbons (Fsp3) is 0.400. The van der Waals surface area contributed by atoms with Crippen LogP contribution in [-0.2, 0) is 18.4 Å².